The van der Waals surface area contributed by atoms with Crippen molar-refractivity contribution in [3.05, 3.63) is 0 Å². The number of nitrogens with one attached hydrogen (secondary N) is 1. The van der Waals surface area contributed by atoms with E-state index in [2.05, 4.69) is 17.1 Å². The molecule has 0 bridgehead atoms. The van der Waals surface area contributed by atoms with Gasteiger partial charge < -0.3 is 10.2 Å². The second-order valence-electron chi connectivity index (χ2n) is 6.33. The number of likely N-dealkylation sites (tertiary alicyclic amines) is 1. The molecule has 0 aromatic carbocycles. The van der Waals surface area contributed by atoms with Crippen molar-refractivity contribution in [1.82, 2.24) is 10.2 Å². The zero-order valence-corrected chi connectivity index (χ0v) is 12.4. The maximum Gasteiger partial charge on any atom is 0.391 e. The van der Waals surface area contributed by atoms with Crippen LogP contribution in [0.15, 0.2) is 0 Å². The molecule has 3 atom stereocenters. The highest BCUT2D eigenvalue weighted by molar-refractivity contribution is 4.85. The van der Waals surface area contributed by atoms with Gasteiger partial charge in [0.2, 0.25) is 0 Å². The van der Waals surface area contributed by atoms with Crippen molar-refractivity contribution in [2.75, 3.05) is 19.6 Å². The highest BCUT2D eigenvalue weighted by Crippen LogP contribution is 2.37. The molecular weight excluding hydrogens is 265 g/mol. The van der Waals surface area contributed by atoms with Gasteiger partial charge in [0.25, 0.3) is 0 Å². The Labute approximate surface area is 120 Å². The van der Waals surface area contributed by atoms with Crippen molar-refractivity contribution in [3.63, 3.8) is 0 Å². The summed E-state index contributed by atoms with van der Waals surface area (Å²) >= 11 is 0. The Morgan fingerprint density at radius 2 is 1.75 bits per heavy atom. The normalized spacial score (nSPS) is 33.9. The summed E-state index contributed by atoms with van der Waals surface area (Å²) in [5.41, 5.74) is 0. The van der Waals surface area contributed by atoms with Crippen LogP contribution in [-0.4, -0.2) is 42.8 Å². The molecule has 118 valence electrons. The SMILES string of the molecule is CCN1CCCC(NC2CCCC(C(F)(F)F)C2)CC1. The molecule has 1 heterocycles. The first kappa shape index (κ1) is 16.1. The van der Waals surface area contributed by atoms with Crippen molar-refractivity contribution in [2.24, 2.45) is 5.92 Å². The third-order valence-corrected chi connectivity index (χ3v) is 4.88. The van der Waals surface area contributed by atoms with Crippen LogP contribution >= 0.6 is 0 Å². The quantitative estimate of drug-likeness (QED) is 0.855. The van der Waals surface area contributed by atoms with Gasteiger partial charge in [-0.1, -0.05) is 13.3 Å². The molecule has 0 aromatic heterocycles. The largest absolute Gasteiger partial charge is 0.391 e. The fraction of sp³-hybridized carbons (Fsp3) is 1.00. The van der Waals surface area contributed by atoms with Crippen LogP contribution in [0.2, 0.25) is 0 Å². The molecular formula is C15H27F3N2. The molecule has 2 nitrogen and oxygen atoms in total. The zero-order valence-electron chi connectivity index (χ0n) is 12.4. The van der Waals surface area contributed by atoms with Gasteiger partial charge in [0, 0.05) is 12.1 Å². The van der Waals surface area contributed by atoms with E-state index in [1.54, 1.807) is 0 Å². The molecule has 0 aromatic rings. The summed E-state index contributed by atoms with van der Waals surface area (Å²) in [5, 5.41) is 3.52. The van der Waals surface area contributed by atoms with Gasteiger partial charge in [-0.15, -0.1) is 0 Å². The van der Waals surface area contributed by atoms with E-state index >= 15 is 0 Å². The summed E-state index contributed by atoms with van der Waals surface area (Å²) in [7, 11) is 0. The standard InChI is InChI=1S/C15H27F3N2/c1-2-20-9-4-7-13(8-10-20)19-14-6-3-5-12(11-14)15(16,17)18/h12-14,19H,2-11H2,1H3. The lowest BCUT2D eigenvalue weighted by molar-refractivity contribution is -0.183. The smallest absolute Gasteiger partial charge is 0.311 e. The lowest BCUT2D eigenvalue weighted by Crippen LogP contribution is -2.44. The molecule has 1 aliphatic carbocycles. The third-order valence-electron chi connectivity index (χ3n) is 4.88. The van der Waals surface area contributed by atoms with Gasteiger partial charge in [0.15, 0.2) is 0 Å². The summed E-state index contributed by atoms with van der Waals surface area (Å²) in [4.78, 5) is 2.43. The van der Waals surface area contributed by atoms with Crippen molar-refractivity contribution in [1.29, 1.82) is 0 Å². The minimum absolute atomic E-state index is 0.0635. The summed E-state index contributed by atoms with van der Waals surface area (Å²) in [6.45, 7) is 5.45. The molecule has 2 fully saturated rings. The predicted molar refractivity (Wildman–Crippen MR) is 74.7 cm³/mol. The van der Waals surface area contributed by atoms with Crippen LogP contribution in [-0.2, 0) is 0 Å². The number of halogens is 3. The van der Waals surface area contributed by atoms with Crippen LogP contribution in [0.1, 0.15) is 51.9 Å². The van der Waals surface area contributed by atoms with E-state index in [-0.39, 0.29) is 12.5 Å². The third kappa shape index (κ3) is 4.62. The second-order valence-corrected chi connectivity index (χ2v) is 6.33. The van der Waals surface area contributed by atoms with Crippen molar-refractivity contribution in [3.8, 4) is 0 Å². The van der Waals surface area contributed by atoms with E-state index in [9.17, 15) is 13.2 Å². The summed E-state index contributed by atoms with van der Waals surface area (Å²) < 4.78 is 38.5. The Kier molecular flexibility index (Phi) is 5.73. The molecule has 2 aliphatic rings. The average molecular weight is 292 g/mol. The molecule has 5 heteroatoms. The van der Waals surface area contributed by atoms with Gasteiger partial charge in [-0.2, -0.15) is 13.2 Å². The Morgan fingerprint density at radius 3 is 2.45 bits per heavy atom. The Morgan fingerprint density at radius 1 is 1.00 bits per heavy atom. The summed E-state index contributed by atoms with van der Waals surface area (Å²) in [6.07, 6.45) is 1.51. The minimum atomic E-state index is -4.01. The number of hydrogen-bond donors (Lipinski definition) is 1. The van der Waals surface area contributed by atoms with Gasteiger partial charge in [0.1, 0.15) is 0 Å². The Bertz CT molecular complexity index is 293. The van der Waals surface area contributed by atoms with E-state index < -0.39 is 12.1 Å². The fourth-order valence-electron chi connectivity index (χ4n) is 3.61. The molecule has 3 unspecified atom stereocenters. The van der Waals surface area contributed by atoms with Gasteiger partial charge in [-0.25, -0.2) is 0 Å². The van der Waals surface area contributed by atoms with Crippen LogP contribution in [0.25, 0.3) is 0 Å². The van der Waals surface area contributed by atoms with E-state index in [0.29, 0.717) is 18.9 Å². The molecule has 1 aliphatic heterocycles. The number of hydrogen-bond acceptors (Lipinski definition) is 2. The monoisotopic (exact) mass is 292 g/mol. The Hall–Kier alpha value is -0.290. The highest BCUT2D eigenvalue weighted by Gasteiger charge is 2.42. The van der Waals surface area contributed by atoms with E-state index in [0.717, 1.165) is 45.3 Å². The maximum atomic E-state index is 12.8. The predicted octanol–water partition coefficient (Wildman–Crippen LogP) is 3.57. The lowest BCUT2D eigenvalue weighted by Gasteiger charge is -2.33. The highest BCUT2D eigenvalue weighted by atomic mass is 19.4. The maximum absolute atomic E-state index is 12.8. The zero-order chi connectivity index (χ0) is 14.6. The minimum Gasteiger partial charge on any atom is -0.311 e. The molecule has 0 radical (unpaired) electrons. The van der Waals surface area contributed by atoms with E-state index in [1.807, 2.05) is 0 Å². The van der Waals surface area contributed by atoms with E-state index in [4.69, 9.17) is 0 Å². The van der Waals surface area contributed by atoms with Crippen molar-refractivity contribution >= 4 is 0 Å². The molecule has 1 N–H and O–H groups in total. The van der Waals surface area contributed by atoms with Gasteiger partial charge >= 0.3 is 6.18 Å². The Balaban J connectivity index is 1.80. The van der Waals surface area contributed by atoms with Crippen LogP contribution in [0.4, 0.5) is 13.2 Å². The van der Waals surface area contributed by atoms with Gasteiger partial charge in [-0.05, 0) is 58.2 Å². The van der Waals surface area contributed by atoms with Gasteiger partial charge in [-0.3, -0.25) is 0 Å². The van der Waals surface area contributed by atoms with Crippen molar-refractivity contribution < 1.29 is 13.2 Å². The van der Waals surface area contributed by atoms with Crippen LogP contribution < -0.4 is 5.32 Å². The summed E-state index contributed by atoms with van der Waals surface area (Å²) in [5.74, 6) is -1.09. The molecule has 1 saturated heterocycles. The second kappa shape index (κ2) is 7.12. The number of alkyl halides is 3. The van der Waals surface area contributed by atoms with Crippen molar-refractivity contribution in [2.45, 2.75) is 70.1 Å². The van der Waals surface area contributed by atoms with Gasteiger partial charge in [0.05, 0.1) is 5.92 Å². The fourth-order valence-corrected chi connectivity index (χ4v) is 3.61. The van der Waals surface area contributed by atoms with Crippen LogP contribution in [0.5, 0.6) is 0 Å². The molecule has 20 heavy (non-hydrogen) atoms. The van der Waals surface area contributed by atoms with Crippen LogP contribution in [0.3, 0.4) is 0 Å². The topological polar surface area (TPSA) is 15.3 Å². The lowest BCUT2D eigenvalue weighted by atomic mass is 9.84. The molecule has 0 spiro atoms. The van der Waals surface area contributed by atoms with E-state index in [1.165, 1.54) is 0 Å². The number of nitrogens with zero attached hydrogens (tertiary/aromatic N) is 1. The molecule has 1 saturated carbocycles. The number of rotatable bonds is 3. The summed E-state index contributed by atoms with van der Waals surface area (Å²) in [6, 6.07) is 0.470. The molecule has 2 rings (SSSR count). The average Bonchev–Trinajstić information content (AvgIpc) is 2.63. The first-order valence-electron chi connectivity index (χ1n) is 8.04. The molecule has 0 amide bonds. The first-order valence-corrected chi connectivity index (χ1v) is 8.04. The first-order chi connectivity index (χ1) is 9.49. The van der Waals surface area contributed by atoms with Crippen LogP contribution in [0, 0.1) is 5.92 Å².